The molecule has 1 aromatic heterocycles. The maximum atomic E-state index is 5.68. The van der Waals surface area contributed by atoms with E-state index in [1.807, 2.05) is 6.20 Å². The van der Waals surface area contributed by atoms with Crippen LogP contribution in [0.4, 0.5) is 11.6 Å². The van der Waals surface area contributed by atoms with Crippen LogP contribution >= 0.6 is 0 Å². The zero-order valence-corrected chi connectivity index (χ0v) is 9.89. The highest BCUT2D eigenvalue weighted by molar-refractivity contribution is 5.42. The minimum atomic E-state index is 0.506. The van der Waals surface area contributed by atoms with Crippen LogP contribution in [0, 0.1) is 0 Å². The molecular formula is C12H20N4. The van der Waals surface area contributed by atoms with Gasteiger partial charge in [-0.2, -0.15) is 0 Å². The fourth-order valence-corrected chi connectivity index (χ4v) is 2.51. The first-order valence-electron chi connectivity index (χ1n) is 6.15. The van der Waals surface area contributed by atoms with Gasteiger partial charge in [-0.05, 0) is 19.8 Å². The molecule has 1 heterocycles. The van der Waals surface area contributed by atoms with E-state index in [4.69, 9.17) is 5.73 Å². The average molecular weight is 220 g/mol. The number of anilines is 2. The van der Waals surface area contributed by atoms with Crippen molar-refractivity contribution in [2.75, 3.05) is 17.2 Å². The minimum absolute atomic E-state index is 0.506. The van der Waals surface area contributed by atoms with Gasteiger partial charge in [0.05, 0.1) is 12.4 Å². The lowest BCUT2D eigenvalue weighted by Gasteiger charge is -2.34. The topological polar surface area (TPSA) is 55.0 Å². The van der Waals surface area contributed by atoms with Gasteiger partial charge >= 0.3 is 0 Å². The van der Waals surface area contributed by atoms with Crippen molar-refractivity contribution in [3.63, 3.8) is 0 Å². The quantitative estimate of drug-likeness (QED) is 0.848. The number of rotatable bonds is 3. The summed E-state index contributed by atoms with van der Waals surface area (Å²) in [5, 5.41) is 0. The molecule has 4 heteroatoms. The largest absolute Gasteiger partial charge is 0.382 e. The molecule has 0 spiro atoms. The van der Waals surface area contributed by atoms with Crippen LogP contribution in [-0.2, 0) is 0 Å². The molecule has 0 saturated heterocycles. The van der Waals surface area contributed by atoms with Crippen molar-refractivity contribution in [2.24, 2.45) is 0 Å². The van der Waals surface area contributed by atoms with Gasteiger partial charge in [0.15, 0.2) is 0 Å². The Morgan fingerprint density at radius 3 is 2.69 bits per heavy atom. The van der Waals surface area contributed by atoms with Crippen LogP contribution in [-0.4, -0.2) is 22.6 Å². The van der Waals surface area contributed by atoms with Crippen LogP contribution < -0.4 is 10.6 Å². The van der Waals surface area contributed by atoms with E-state index in [2.05, 4.69) is 21.8 Å². The normalized spacial score (nSPS) is 17.3. The van der Waals surface area contributed by atoms with Gasteiger partial charge in [0, 0.05) is 12.6 Å². The lowest BCUT2D eigenvalue weighted by Crippen LogP contribution is -2.37. The van der Waals surface area contributed by atoms with E-state index in [1.165, 1.54) is 32.1 Å². The van der Waals surface area contributed by atoms with Crippen molar-refractivity contribution in [3.8, 4) is 0 Å². The second-order valence-corrected chi connectivity index (χ2v) is 4.38. The maximum Gasteiger partial charge on any atom is 0.149 e. The molecule has 1 saturated carbocycles. The van der Waals surface area contributed by atoms with E-state index >= 15 is 0 Å². The van der Waals surface area contributed by atoms with Crippen molar-refractivity contribution in [3.05, 3.63) is 12.4 Å². The Morgan fingerprint density at radius 2 is 2.06 bits per heavy atom. The van der Waals surface area contributed by atoms with Gasteiger partial charge in [0.1, 0.15) is 11.6 Å². The summed E-state index contributed by atoms with van der Waals surface area (Å²) in [5.74, 6) is 1.43. The van der Waals surface area contributed by atoms with Crippen molar-refractivity contribution in [1.82, 2.24) is 9.97 Å². The SMILES string of the molecule is CCN(c1cncc(N)n1)C1CCCCC1. The molecule has 1 aliphatic carbocycles. The molecule has 1 fully saturated rings. The third-order valence-electron chi connectivity index (χ3n) is 3.29. The Balaban J connectivity index is 2.14. The van der Waals surface area contributed by atoms with Crippen molar-refractivity contribution in [2.45, 2.75) is 45.1 Å². The Hall–Kier alpha value is -1.32. The predicted molar refractivity (Wildman–Crippen MR) is 66.3 cm³/mol. The van der Waals surface area contributed by atoms with Gasteiger partial charge in [-0.1, -0.05) is 19.3 Å². The number of aromatic nitrogens is 2. The van der Waals surface area contributed by atoms with E-state index < -0.39 is 0 Å². The summed E-state index contributed by atoms with van der Waals surface area (Å²) in [6, 6.07) is 0.620. The molecular weight excluding hydrogens is 200 g/mol. The first kappa shape index (κ1) is 11.2. The van der Waals surface area contributed by atoms with E-state index in [0.717, 1.165) is 12.4 Å². The van der Waals surface area contributed by atoms with Gasteiger partial charge in [-0.15, -0.1) is 0 Å². The number of hydrogen-bond acceptors (Lipinski definition) is 4. The monoisotopic (exact) mass is 220 g/mol. The summed E-state index contributed by atoms with van der Waals surface area (Å²) < 4.78 is 0. The molecule has 0 atom stereocenters. The smallest absolute Gasteiger partial charge is 0.149 e. The van der Waals surface area contributed by atoms with Crippen molar-refractivity contribution < 1.29 is 0 Å². The lowest BCUT2D eigenvalue weighted by molar-refractivity contribution is 0.416. The molecule has 4 nitrogen and oxygen atoms in total. The summed E-state index contributed by atoms with van der Waals surface area (Å²) in [6.07, 6.45) is 9.98. The molecule has 1 aromatic rings. The molecule has 88 valence electrons. The fraction of sp³-hybridized carbons (Fsp3) is 0.667. The first-order chi connectivity index (χ1) is 7.81. The second kappa shape index (κ2) is 5.14. The van der Waals surface area contributed by atoms with Gasteiger partial charge < -0.3 is 10.6 Å². The molecule has 0 aliphatic heterocycles. The van der Waals surface area contributed by atoms with Gasteiger partial charge in [-0.25, -0.2) is 4.98 Å². The van der Waals surface area contributed by atoms with Crippen LogP contribution in [0.3, 0.4) is 0 Å². The minimum Gasteiger partial charge on any atom is -0.382 e. The lowest BCUT2D eigenvalue weighted by atomic mass is 9.94. The Labute approximate surface area is 96.9 Å². The summed E-state index contributed by atoms with van der Waals surface area (Å²) in [7, 11) is 0. The van der Waals surface area contributed by atoms with Crippen LogP contribution in [0.25, 0.3) is 0 Å². The number of nitrogens with two attached hydrogens (primary N) is 1. The molecule has 0 bridgehead atoms. The highest BCUT2D eigenvalue weighted by Crippen LogP contribution is 2.25. The molecule has 0 unspecified atom stereocenters. The van der Waals surface area contributed by atoms with E-state index in [-0.39, 0.29) is 0 Å². The summed E-state index contributed by atoms with van der Waals surface area (Å²) >= 11 is 0. The summed E-state index contributed by atoms with van der Waals surface area (Å²) in [6.45, 7) is 3.14. The van der Waals surface area contributed by atoms with Crippen LogP contribution in [0.15, 0.2) is 12.4 Å². The maximum absolute atomic E-state index is 5.68. The summed E-state index contributed by atoms with van der Waals surface area (Å²) in [4.78, 5) is 10.8. The molecule has 2 N–H and O–H groups in total. The summed E-state index contributed by atoms with van der Waals surface area (Å²) in [5.41, 5.74) is 5.68. The average Bonchev–Trinajstić information content (AvgIpc) is 2.31. The third kappa shape index (κ3) is 2.43. The van der Waals surface area contributed by atoms with Gasteiger partial charge in [-0.3, -0.25) is 4.98 Å². The molecule has 0 radical (unpaired) electrons. The molecule has 1 aliphatic rings. The van der Waals surface area contributed by atoms with E-state index in [1.54, 1.807) is 6.20 Å². The van der Waals surface area contributed by atoms with Crippen LogP contribution in [0.2, 0.25) is 0 Å². The zero-order valence-electron chi connectivity index (χ0n) is 9.89. The number of nitrogen functional groups attached to an aromatic ring is 1. The second-order valence-electron chi connectivity index (χ2n) is 4.38. The molecule has 0 amide bonds. The van der Waals surface area contributed by atoms with Crippen LogP contribution in [0.1, 0.15) is 39.0 Å². The first-order valence-corrected chi connectivity index (χ1v) is 6.15. The van der Waals surface area contributed by atoms with E-state index in [0.29, 0.717) is 11.9 Å². The number of hydrogen-bond donors (Lipinski definition) is 1. The zero-order chi connectivity index (χ0) is 11.4. The number of nitrogens with zero attached hydrogens (tertiary/aromatic N) is 3. The predicted octanol–water partition coefficient (Wildman–Crippen LogP) is 2.22. The third-order valence-corrected chi connectivity index (χ3v) is 3.29. The Bertz CT molecular complexity index is 334. The van der Waals surface area contributed by atoms with Gasteiger partial charge in [0.25, 0.3) is 0 Å². The molecule has 16 heavy (non-hydrogen) atoms. The fourth-order valence-electron chi connectivity index (χ4n) is 2.51. The van der Waals surface area contributed by atoms with E-state index in [9.17, 15) is 0 Å². The Morgan fingerprint density at radius 1 is 1.31 bits per heavy atom. The Kier molecular flexibility index (Phi) is 3.59. The highest BCUT2D eigenvalue weighted by atomic mass is 15.2. The standard InChI is InChI=1S/C12H20N4/c1-2-16(10-6-4-3-5-7-10)12-9-14-8-11(13)15-12/h8-10H,2-7H2,1H3,(H2,13,15). The highest BCUT2D eigenvalue weighted by Gasteiger charge is 2.21. The van der Waals surface area contributed by atoms with Crippen molar-refractivity contribution >= 4 is 11.6 Å². The molecule has 2 rings (SSSR count). The van der Waals surface area contributed by atoms with Gasteiger partial charge in [0.2, 0.25) is 0 Å². The van der Waals surface area contributed by atoms with Crippen LogP contribution in [0.5, 0.6) is 0 Å². The molecule has 0 aromatic carbocycles. The van der Waals surface area contributed by atoms with Crippen molar-refractivity contribution in [1.29, 1.82) is 0 Å².